The lowest BCUT2D eigenvalue weighted by Crippen LogP contribution is -2.43. The highest BCUT2D eigenvalue weighted by atomic mass is 16.4. The molecule has 0 unspecified atom stereocenters. The Morgan fingerprint density at radius 3 is 2.86 bits per heavy atom. The number of amides is 1. The highest BCUT2D eigenvalue weighted by Crippen LogP contribution is 2.18. The van der Waals surface area contributed by atoms with Crippen LogP contribution in [0.15, 0.2) is 6.07 Å². The average Bonchev–Trinajstić information content (AvgIpc) is 3.04. The molecule has 2 heterocycles. The van der Waals surface area contributed by atoms with Crippen LogP contribution in [-0.4, -0.2) is 80.9 Å². The molecule has 8 nitrogen and oxygen atoms in total. The number of β-amino-alcohol motifs (C(OH)–C–C–N with tert-alkyl or cyclic N) is 1. The van der Waals surface area contributed by atoms with Crippen LogP contribution in [0.25, 0.3) is 0 Å². The highest BCUT2D eigenvalue weighted by molar-refractivity contribution is 5.92. The molecule has 8 heteroatoms. The van der Waals surface area contributed by atoms with E-state index in [0.717, 1.165) is 18.5 Å². The first-order valence-electron chi connectivity index (χ1n) is 7.36. The third kappa shape index (κ3) is 3.63. The van der Waals surface area contributed by atoms with E-state index < -0.39 is 12.1 Å². The monoisotopic (exact) mass is 310 g/mol. The Labute approximate surface area is 128 Å². The molecule has 1 aliphatic heterocycles. The van der Waals surface area contributed by atoms with Crippen molar-refractivity contribution >= 4 is 11.9 Å². The number of aliphatic hydroxyl groups is 1. The number of hydrogen-bond donors (Lipinski definition) is 3. The fourth-order valence-corrected chi connectivity index (χ4v) is 2.73. The van der Waals surface area contributed by atoms with E-state index in [0.29, 0.717) is 12.2 Å². The molecule has 0 saturated carbocycles. The predicted octanol–water partition coefficient (Wildman–Crippen LogP) is -0.436. The number of carboxylic acids is 1. The summed E-state index contributed by atoms with van der Waals surface area (Å²) >= 11 is 0. The molecule has 1 aliphatic rings. The zero-order valence-corrected chi connectivity index (χ0v) is 12.8. The van der Waals surface area contributed by atoms with Gasteiger partial charge in [0.2, 0.25) is 0 Å². The summed E-state index contributed by atoms with van der Waals surface area (Å²) in [6.45, 7) is 2.35. The lowest BCUT2D eigenvalue weighted by Gasteiger charge is -2.24. The number of aliphatic carboxylic acids is 1. The van der Waals surface area contributed by atoms with Gasteiger partial charge in [0.1, 0.15) is 5.69 Å². The summed E-state index contributed by atoms with van der Waals surface area (Å²) in [5, 5.41) is 25.7. The summed E-state index contributed by atoms with van der Waals surface area (Å²) < 4.78 is 0. The van der Waals surface area contributed by atoms with E-state index in [1.807, 2.05) is 6.92 Å². The largest absolute Gasteiger partial charge is 0.480 e. The standard InChI is InChI=1S/C14H22N4O4/c1-3-4-9-5-10(16-15-9)14(22)18-6-11(12(19)7-18)17(2)8-13(20)21/h5,11-12,19H,3-4,6-8H2,1-2H3,(H,15,16)(H,20,21)/t11-,12-/m1/s1. The maximum absolute atomic E-state index is 12.4. The first-order chi connectivity index (χ1) is 10.4. The lowest BCUT2D eigenvalue weighted by molar-refractivity contribution is -0.138. The molecule has 0 bridgehead atoms. The molecule has 1 aromatic rings. The summed E-state index contributed by atoms with van der Waals surface area (Å²) in [5.74, 6) is -1.21. The van der Waals surface area contributed by atoms with Crippen molar-refractivity contribution in [2.24, 2.45) is 0 Å². The Morgan fingerprint density at radius 2 is 2.23 bits per heavy atom. The SMILES string of the molecule is CCCc1cc(C(=O)N2C[C@@H](O)[C@H](N(C)CC(=O)O)C2)n[nH]1. The second-order valence-corrected chi connectivity index (χ2v) is 5.68. The summed E-state index contributed by atoms with van der Waals surface area (Å²) in [4.78, 5) is 26.2. The van der Waals surface area contributed by atoms with Gasteiger partial charge in [-0.3, -0.25) is 19.6 Å². The summed E-state index contributed by atoms with van der Waals surface area (Å²) in [7, 11) is 1.63. The minimum atomic E-state index is -0.962. The normalized spacial score (nSPS) is 21.5. The van der Waals surface area contributed by atoms with Crippen molar-refractivity contribution in [3.05, 3.63) is 17.5 Å². The van der Waals surface area contributed by atoms with Crippen molar-refractivity contribution in [2.45, 2.75) is 31.9 Å². The average molecular weight is 310 g/mol. The molecule has 0 aliphatic carbocycles. The van der Waals surface area contributed by atoms with Crippen LogP contribution in [0.5, 0.6) is 0 Å². The Morgan fingerprint density at radius 1 is 1.50 bits per heavy atom. The Bertz CT molecular complexity index is 545. The third-order valence-electron chi connectivity index (χ3n) is 3.87. The smallest absolute Gasteiger partial charge is 0.317 e. The number of likely N-dealkylation sites (tertiary alicyclic amines) is 1. The first kappa shape index (κ1) is 16.4. The number of rotatable bonds is 6. The molecule has 22 heavy (non-hydrogen) atoms. The zero-order valence-electron chi connectivity index (χ0n) is 12.8. The van der Waals surface area contributed by atoms with Gasteiger partial charge in [-0.05, 0) is 19.5 Å². The third-order valence-corrected chi connectivity index (χ3v) is 3.87. The minimum Gasteiger partial charge on any atom is -0.480 e. The molecular weight excluding hydrogens is 288 g/mol. The molecule has 2 atom stereocenters. The van der Waals surface area contributed by atoms with Gasteiger partial charge >= 0.3 is 5.97 Å². The molecule has 1 aromatic heterocycles. The maximum Gasteiger partial charge on any atom is 0.317 e. The second kappa shape index (κ2) is 6.89. The number of carbonyl (C=O) groups is 2. The minimum absolute atomic E-state index is 0.174. The number of aryl methyl sites for hydroxylation is 1. The molecular formula is C14H22N4O4. The molecule has 1 saturated heterocycles. The summed E-state index contributed by atoms with van der Waals surface area (Å²) in [6, 6.07) is 1.35. The number of H-pyrrole nitrogens is 1. The van der Waals surface area contributed by atoms with Crippen LogP contribution in [-0.2, 0) is 11.2 Å². The van der Waals surface area contributed by atoms with Crippen LogP contribution in [0, 0.1) is 0 Å². The fourth-order valence-electron chi connectivity index (χ4n) is 2.73. The molecule has 0 radical (unpaired) electrons. The molecule has 0 spiro atoms. The number of aromatic amines is 1. The Kier molecular flexibility index (Phi) is 5.15. The fraction of sp³-hybridized carbons (Fsp3) is 0.643. The van der Waals surface area contributed by atoms with Crippen molar-refractivity contribution < 1.29 is 19.8 Å². The molecule has 3 N–H and O–H groups in total. The second-order valence-electron chi connectivity index (χ2n) is 5.68. The van der Waals surface area contributed by atoms with Crippen molar-refractivity contribution in [1.29, 1.82) is 0 Å². The molecule has 2 rings (SSSR count). The Hall–Kier alpha value is -1.93. The van der Waals surface area contributed by atoms with Crippen molar-refractivity contribution in [3.63, 3.8) is 0 Å². The topological polar surface area (TPSA) is 110 Å². The molecule has 1 amide bonds. The van der Waals surface area contributed by atoms with E-state index in [4.69, 9.17) is 5.11 Å². The molecule has 0 aromatic carbocycles. The number of carbonyl (C=O) groups excluding carboxylic acids is 1. The van der Waals surface area contributed by atoms with E-state index >= 15 is 0 Å². The number of aromatic nitrogens is 2. The van der Waals surface area contributed by atoms with E-state index in [9.17, 15) is 14.7 Å². The highest BCUT2D eigenvalue weighted by Gasteiger charge is 2.37. The number of aliphatic hydroxyl groups excluding tert-OH is 1. The number of hydrogen-bond acceptors (Lipinski definition) is 5. The quantitative estimate of drug-likeness (QED) is 0.657. The van der Waals surface area contributed by atoms with Crippen LogP contribution < -0.4 is 0 Å². The Balaban J connectivity index is 2.01. The van der Waals surface area contributed by atoms with Crippen LogP contribution in [0.2, 0.25) is 0 Å². The van der Waals surface area contributed by atoms with E-state index in [-0.39, 0.29) is 25.0 Å². The predicted molar refractivity (Wildman–Crippen MR) is 78.5 cm³/mol. The molecule has 1 fully saturated rings. The van der Waals surface area contributed by atoms with E-state index in [1.165, 1.54) is 4.90 Å². The van der Waals surface area contributed by atoms with Crippen LogP contribution >= 0.6 is 0 Å². The summed E-state index contributed by atoms with van der Waals surface area (Å²) in [5.41, 5.74) is 1.24. The number of likely N-dealkylation sites (N-methyl/N-ethyl adjacent to an activating group) is 1. The van der Waals surface area contributed by atoms with Gasteiger partial charge < -0.3 is 15.1 Å². The zero-order chi connectivity index (χ0) is 16.3. The van der Waals surface area contributed by atoms with Crippen LogP contribution in [0.4, 0.5) is 0 Å². The summed E-state index contributed by atoms with van der Waals surface area (Å²) in [6.07, 6.45) is 1.02. The van der Waals surface area contributed by atoms with Gasteiger partial charge in [-0.1, -0.05) is 13.3 Å². The number of nitrogens with one attached hydrogen (secondary N) is 1. The van der Waals surface area contributed by atoms with Crippen LogP contribution in [0.3, 0.4) is 0 Å². The number of nitrogens with zero attached hydrogens (tertiary/aromatic N) is 3. The number of carboxylic acid groups (broad SMARTS) is 1. The van der Waals surface area contributed by atoms with Gasteiger partial charge in [0.05, 0.1) is 18.7 Å². The van der Waals surface area contributed by atoms with Crippen molar-refractivity contribution in [3.8, 4) is 0 Å². The van der Waals surface area contributed by atoms with Gasteiger partial charge in [-0.25, -0.2) is 0 Å². The van der Waals surface area contributed by atoms with Crippen molar-refractivity contribution in [1.82, 2.24) is 20.0 Å². The first-order valence-corrected chi connectivity index (χ1v) is 7.36. The van der Waals surface area contributed by atoms with Crippen molar-refractivity contribution in [2.75, 3.05) is 26.7 Å². The van der Waals surface area contributed by atoms with Gasteiger partial charge in [-0.15, -0.1) is 0 Å². The van der Waals surface area contributed by atoms with Gasteiger partial charge in [0.15, 0.2) is 0 Å². The lowest BCUT2D eigenvalue weighted by atomic mass is 10.2. The molecule has 122 valence electrons. The van der Waals surface area contributed by atoms with Crippen LogP contribution in [0.1, 0.15) is 29.5 Å². The van der Waals surface area contributed by atoms with E-state index in [1.54, 1.807) is 18.0 Å². The van der Waals surface area contributed by atoms with E-state index in [2.05, 4.69) is 10.2 Å². The van der Waals surface area contributed by atoms with Gasteiger partial charge in [-0.2, -0.15) is 5.10 Å². The maximum atomic E-state index is 12.4. The van der Waals surface area contributed by atoms with Gasteiger partial charge in [0.25, 0.3) is 5.91 Å². The van der Waals surface area contributed by atoms with Gasteiger partial charge in [0, 0.05) is 18.8 Å².